The third-order valence-corrected chi connectivity index (χ3v) is 4.52. The number of benzene rings is 1. The average molecular weight is 290 g/mol. The van der Waals surface area contributed by atoms with Crippen molar-refractivity contribution >= 4 is 0 Å². The molecule has 21 heavy (non-hydrogen) atoms. The number of fused-ring (bicyclic) bond motifs is 1. The van der Waals surface area contributed by atoms with E-state index in [1.807, 2.05) is 0 Å². The van der Waals surface area contributed by atoms with Gasteiger partial charge in [0, 0.05) is 32.1 Å². The van der Waals surface area contributed by atoms with E-state index in [9.17, 15) is 5.11 Å². The lowest BCUT2D eigenvalue weighted by molar-refractivity contribution is 0.173. The first kappa shape index (κ1) is 14.8. The summed E-state index contributed by atoms with van der Waals surface area (Å²) < 4.78 is 5.56. The Hall–Kier alpha value is -1.10. The molecule has 0 saturated carbocycles. The minimum atomic E-state index is -0.164. The number of aliphatic hydroxyl groups excluding tert-OH is 1. The molecule has 0 aromatic heterocycles. The van der Waals surface area contributed by atoms with Crippen LogP contribution in [0.1, 0.15) is 17.5 Å². The fraction of sp³-hybridized carbons (Fsp3) is 0.647. The number of β-amino-alcohol motifs (C(OH)–C–C–N with tert-alkyl or cyclic N) is 1. The van der Waals surface area contributed by atoms with Crippen LogP contribution in [0.2, 0.25) is 0 Å². The minimum Gasteiger partial charge on any atom is -0.493 e. The molecule has 1 aromatic carbocycles. The molecule has 4 nitrogen and oxygen atoms in total. The number of aliphatic hydroxyl groups is 1. The smallest absolute Gasteiger partial charge is 0.122 e. The molecule has 2 heterocycles. The summed E-state index contributed by atoms with van der Waals surface area (Å²) in [5, 5.41) is 9.93. The van der Waals surface area contributed by atoms with Crippen molar-refractivity contribution in [1.29, 1.82) is 0 Å². The molecule has 1 saturated heterocycles. The van der Waals surface area contributed by atoms with Crippen LogP contribution >= 0.6 is 0 Å². The second-order valence-electron chi connectivity index (χ2n) is 6.59. The van der Waals surface area contributed by atoms with Crippen LogP contribution in [0.3, 0.4) is 0 Å². The molecular formula is C17H26N2O2. The van der Waals surface area contributed by atoms with Gasteiger partial charge < -0.3 is 14.7 Å². The van der Waals surface area contributed by atoms with Crippen molar-refractivity contribution in [3.8, 4) is 5.75 Å². The quantitative estimate of drug-likeness (QED) is 0.883. The van der Waals surface area contributed by atoms with E-state index in [4.69, 9.17) is 4.74 Å². The van der Waals surface area contributed by atoms with Crippen molar-refractivity contribution in [2.45, 2.75) is 31.4 Å². The van der Waals surface area contributed by atoms with Gasteiger partial charge in [-0.25, -0.2) is 0 Å². The molecule has 2 aliphatic rings. The third-order valence-electron chi connectivity index (χ3n) is 4.52. The van der Waals surface area contributed by atoms with Crippen LogP contribution in [0.25, 0.3) is 0 Å². The highest BCUT2D eigenvalue weighted by Gasteiger charge is 2.30. The first-order chi connectivity index (χ1) is 10.1. The predicted octanol–water partition coefficient (Wildman–Crippen LogP) is 1.16. The Bertz CT molecular complexity index is 490. The summed E-state index contributed by atoms with van der Waals surface area (Å²) >= 11 is 0. The van der Waals surface area contributed by atoms with Crippen molar-refractivity contribution in [1.82, 2.24) is 9.80 Å². The van der Waals surface area contributed by atoms with E-state index in [-0.39, 0.29) is 6.10 Å². The molecule has 4 heteroatoms. The lowest BCUT2D eigenvalue weighted by Crippen LogP contribution is -2.38. The van der Waals surface area contributed by atoms with Crippen molar-refractivity contribution < 1.29 is 9.84 Å². The van der Waals surface area contributed by atoms with Gasteiger partial charge in [0.25, 0.3) is 0 Å². The third kappa shape index (κ3) is 3.57. The molecule has 3 rings (SSSR count). The lowest BCUT2D eigenvalue weighted by atomic mass is 10.1. The zero-order valence-electron chi connectivity index (χ0n) is 13.1. The van der Waals surface area contributed by atoms with Gasteiger partial charge in [0.05, 0.1) is 12.7 Å². The molecular weight excluding hydrogens is 264 g/mol. The van der Waals surface area contributed by atoms with Gasteiger partial charge in [-0.2, -0.15) is 0 Å². The Morgan fingerprint density at radius 1 is 1.38 bits per heavy atom. The fourth-order valence-electron chi connectivity index (χ4n) is 3.51. The second kappa shape index (κ2) is 6.34. The molecule has 0 spiro atoms. The van der Waals surface area contributed by atoms with Crippen LogP contribution in [0.5, 0.6) is 5.75 Å². The molecule has 0 bridgehead atoms. The van der Waals surface area contributed by atoms with Crippen LogP contribution in [0, 0.1) is 0 Å². The SMILES string of the molecule is CN(C)CC1CC(O)CN1CCc1ccc2c(c1)CCO2. The summed E-state index contributed by atoms with van der Waals surface area (Å²) in [6.07, 6.45) is 2.82. The van der Waals surface area contributed by atoms with E-state index in [1.54, 1.807) is 0 Å². The molecule has 0 aliphatic carbocycles. The Morgan fingerprint density at radius 3 is 3.05 bits per heavy atom. The number of hydrogen-bond donors (Lipinski definition) is 1. The highest BCUT2D eigenvalue weighted by Crippen LogP contribution is 2.26. The highest BCUT2D eigenvalue weighted by molar-refractivity contribution is 5.39. The molecule has 1 fully saturated rings. The van der Waals surface area contributed by atoms with Crippen molar-refractivity contribution in [2.75, 3.05) is 40.3 Å². The standard InChI is InChI=1S/C17H26N2O2/c1-18(2)11-15-10-16(20)12-19(15)7-5-13-3-4-17-14(9-13)6-8-21-17/h3-4,9,15-16,20H,5-8,10-12H2,1-2H3. The van der Waals surface area contributed by atoms with Crippen molar-refractivity contribution in [3.63, 3.8) is 0 Å². The first-order valence-electron chi connectivity index (χ1n) is 7.93. The molecule has 0 amide bonds. The van der Waals surface area contributed by atoms with Gasteiger partial charge in [0.2, 0.25) is 0 Å². The van der Waals surface area contributed by atoms with Crippen molar-refractivity contribution in [2.24, 2.45) is 0 Å². The van der Waals surface area contributed by atoms with E-state index in [0.717, 1.165) is 51.3 Å². The fourth-order valence-corrected chi connectivity index (χ4v) is 3.51. The summed E-state index contributed by atoms with van der Waals surface area (Å²) in [4.78, 5) is 4.65. The summed E-state index contributed by atoms with van der Waals surface area (Å²) in [5.74, 6) is 1.06. The molecule has 116 valence electrons. The number of likely N-dealkylation sites (N-methyl/N-ethyl adjacent to an activating group) is 1. The zero-order valence-corrected chi connectivity index (χ0v) is 13.1. The monoisotopic (exact) mass is 290 g/mol. The number of hydrogen-bond acceptors (Lipinski definition) is 4. The van der Waals surface area contributed by atoms with E-state index < -0.39 is 0 Å². The first-order valence-corrected chi connectivity index (χ1v) is 7.93. The largest absolute Gasteiger partial charge is 0.493 e. The lowest BCUT2D eigenvalue weighted by Gasteiger charge is -2.26. The van der Waals surface area contributed by atoms with E-state index in [2.05, 4.69) is 42.1 Å². The van der Waals surface area contributed by atoms with Gasteiger partial charge in [0.1, 0.15) is 5.75 Å². The van der Waals surface area contributed by atoms with E-state index in [1.165, 1.54) is 11.1 Å². The normalized spacial score (nSPS) is 25.3. The van der Waals surface area contributed by atoms with Gasteiger partial charge in [-0.05, 0) is 44.1 Å². The average Bonchev–Trinajstić information content (AvgIpc) is 3.01. The van der Waals surface area contributed by atoms with Crippen LogP contribution in [-0.2, 0) is 12.8 Å². The van der Waals surface area contributed by atoms with Crippen molar-refractivity contribution in [3.05, 3.63) is 29.3 Å². The number of rotatable bonds is 5. The Kier molecular flexibility index (Phi) is 4.48. The topological polar surface area (TPSA) is 35.9 Å². The molecule has 1 aromatic rings. The predicted molar refractivity (Wildman–Crippen MR) is 83.9 cm³/mol. The molecule has 2 aliphatic heterocycles. The summed E-state index contributed by atoms with van der Waals surface area (Å²) in [6.45, 7) is 3.68. The van der Waals surface area contributed by atoms with Gasteiger partial charge in [-0.15, -0.1) is 0 Å². The van der Waals surface area contributed by atoms with Crippen LogP contribution in [0.4, 0.5) is 0 Å². The van der Waals surface area contributed by atoms with E-state index in [0.29, 0.717) is 6.04 Å². The summed E-state index contributed by atoms with van der Waals surface area (Å²) in [5.41, 5.74) is 2.73. The van der Waals surface area contributed by atoms with Gasteiger partial charge >= 0.3 is 0 Å². The second-order valence-corrected chi connectivity index (χ2v) is 6.59. The molecule has 2 unspecified atom stereocenters. The number of ether oxygens (including phenoxy) is 1. The number of likely N-dealkylation sites (tertiary alicyclic amines) is 1. The Labute approximate surface area is 127 Å². The maximum absolute atomic E-state index is 9.93. The van der Waals surface area contributed by atoms with Crippen LogP contribution in [0.15, 0.2) is 18.2 Å². The zero-order chi connectivity index (χ0) is 14.8. The van der Waals surface area contributed by atoms with Gasteiger partial charge in [0.15, 0.2) is 0 Å². The van der Waals surface area contributed by atoms with E-state index >= 15 is 0 Å². The Morgan fingerprint density at radius 2 is 2.24 bits per heavy atom. The maximum atomic E-state index is 9.93. The molecule has 1 N–H and O–H groups in total. The molecule has 0 radical (unpaired) electrons. The number of nitrogens with zero attached hydrogens (tertiary/aromatic N) is 2. The maximum Gasteiger partial charge on any atom is 0.122 e. The summed E-state index contributed by atoms with van der Waals surface area (Å²) in [6, 6.07) is 7.05. The summed E-state index contributed by atoms with van der Waals surface area (Å²) in [7, 11) is 4.20. The van der Waals surface area contributed by atoms with Gasteiger partial charge in [-0.1, -0.05) is 12.1 Å². The minimum absolute atomic E-state index is 0.164. The van der Waals surface area contributed by atoms with Gasteiger partial charge in [-0.3, -0.25) is 4.90 Å². The molecule has 2 atom stereocenters. The highest BCUT2D eigenvalue weighted by atomic mass is 16.5. The van der Waals surface area contributed by atoms with Crippen LogP contribution < -0.4 is 4.74 Å². The van der Waals surface area contributed by atoms with Crippen LogP contribution in [-0.4, -0.2) is 67.4 Å². The Balaban J connectivity index is 1.58.